The Balaban J connectivity index is 2.11. The van der Waals surface area contributed by atoms with Crippen molar-refractivity contribution >= 4 is 26.6 Å². The number of hydrogen-bond acceptors (Lipinski definition) is 4. The van der Waals surface area contributed by atoms with Gasteiger partial charge in [-0.1, -0.05) is 25.1 Å². The number of fused-ring (bicyclic) bond motifs is 1. The summed E-state index contributed by atoms with van der Waals surface area (Å²) in [6.07, 6.45) is 2.24. The van der Waals surface area contributed by atoms with Gasteiger partial charge in [-0.15, -0.1) is 0 Å². The maximum absolute atomic E-state index is 12.0. The van der Waals surface area contributed by atoms with Crippen molar-refractivity contribution < 1.29 is 8.42 Å². The molecule has 0 aliphatic rings. The zero-order valence-electron chi connectivity index (χ0n) is 11.5. The third kappa shape index (κ3) is 3.91. The first-order valence-electron chi connectivity index (χ1n) is 6.67. The van der Waals surface area contributed by atoms with Gasteiger partial charge in [-0.3, -0.25) is 9.71 Å². The van der Waals surface area contributed by atoms with Gasteiger partial charge >= 0.3 is 0 Å². The molecule has 2 rings (SSSR count). The van der Waals surface area contributed by atoms with Gasteiger partial charge in [0.2, 0.25) is 10.0 Å². The van der Waals surface area contributed by atoms with E-state index in [2.05, 4.69) is 15.0 Å². The molecule has 0 amide bonds. The molecule has 0 fully saturated rings. The molecule has 1 heterocycles. The van der Waals surface area contributed by atoms with Gasteiger partial charge in [-0.25, -0.2) is 8.42 Å². The maximum atomic E-state index is 12.0. The predicted octanol–water partition coefficient (Wildman–Crippen LogP) is 1.98. The molecule has 1 aromatic carbocycles. The number of anilines is 1. The SMILES string of the molecule is CCNCCCS(=O)(=O)Nc1cccc2cccnc12. The van der Waals surface area contributed by atoms with Gasteiger partial charge in [-0.2, -0.15) is 0 Å². The molecule has 0 spiro atoms. The zero-order valence-corrected chi connectivity index (χ0v) is 12.3. The topological polar surface area (TPSA) is 71.1 Å². The third-order valence-corrected chi connectivity index (χ3v) is 4.27. The highest BCUT2D eigenvalue weighted by molar-refractivity contribution is 7.92. The Morgan fingerprint density at radius 3 is 2.80 bits per heavy atom. The lowest BCUT2D eigenvalue weighted by molar-refractivity contribution is 0.595. The number of nitrogens with zero attached hydrogens (tertiary/aromatic N) is 1. The Kier molecular flexibility index (Phi) is 4.92. The van der Waals surface area contributed by atoms with Gasteiger partial charge in [0, 0.05) is 11.6 Å². The number of aromatic nitrogens is 1. The average molecular weight is 293 g/mol. The molecule has 0 saturated heterocycles. The summed E-state index contributed by atoms with van der Waals surface area (Å²) in [5, 5.41) is 4.03. The standard InChI is InChI=1S/C14H19N3O2S/c1-2-15-9-5-11-20(18,19)17-13-8-3-6-12-7-4-10-16-14(12)13/h3-4,6-8,10,15,17H,2,5,9,11H2,1H3. The fraction of sp³-hybridized carbons (Fsp3) is 0.357. The Bertz CT molecular complexity index is 666. The van der Waals surface area contributed by atoms with Gasteiger partial charge in [0.15, 0.2) is 0 Å². The molecule has 6 heteroatoms. The lowest BCUT2D eigenvalue weighted by atomic mass is 10.2. The smallest absolute Gasteiger partial charge is 0.232 e. The fourth-order valence-corrected chi connectivity index (χ4v) is 3.10. The molecule has 0 radical (unpaired) electrons. The van der Waals surface area contributed by atoms with E-state index in [1.807, 2.05) is 31.2 Å². The highest BCUT2D eigenvalue weighted by Crippen LogP contribution is 2.21. The second kappa shape index (κ2) is 6.67. The lowest BCUT2D eigenvalue weighted by Crippen LogP contribution is -2.22. The maximum Gasteiger partial charge on any atom is 0.232 e. The van der Waals surface area contributed by atoms with E-state index >= 15 is 0 Å². The van der Waals surface area contributed by atoms with E-state index in [0.717, 1.165) is 11.9 Å². The number of sulfonamides is 1. The van der Waals surface area contributed by atoms with E-state index in [0.29, 0.717) is 24.2 Å². The summed E-state index contributed by atoms with van der Waals surface area (Å²) >= 11 is 0. The van der Waals surface area contributed by atoms with Crippen LogP contribution < -0.4 is 10.0 Å². The lowest BCUT2D eigenvalue weighted by Gasteiger charge is -2.10. The zero-order chi connectivity index (χ0) is 14.4. The van der Waals surface area contributed by atoms with Gasteiger partial charge in [-0.05, 0) is 31.6 Å². The van der Waals surface area contributed by atoms with E-state index in [-0.39, 0.29) is 5.75 Å². The molecule has 2 N–H and O–H groups in total. The molecule has 20 heavy (non-hydrogen) atoms. The van der Waals surface area contributed by atoms with Crippen LogP contribution in [0.2, 0.25) is 0 Å². The summed E-state index contributed by atoms with van der Waals surface area (Å²) in [6.45, 7) is 3.54. The molecule has 0 aliphatic heterocycles. The Morgan fingerprint density at radius 2 is 2.00 bits per heavy atom. The number of rotatable bonds is 7. The first-order chi connectivity index (χ1) is 9.62. The van der Waals surface area contributed by atoms with Crippen LogP contribution in [0.4, 0.5) is 5.69 Å². The van der Waals surface area contributed by atoms with Crippen molar-refractivity contribution in [2.24, 2.45) is 0 Å². The van der Waals surface area contributed by atoms with Crippen LogP contribution in [0.15, 0.2) is 36.5 Å². The third-order valence-electron chi connectivity index (χ3n) is 2.91. The molecular formula is C14H19N3O2S. The van der Waals surface area contributed by atoms with E-state index in [1.54, 1.807) is 12.3 Å². The summed E-state index contributed by atoms with van der Waals surface area (Å²) < 4.78 is 26.7. The van der Waals surface area contributed by atoms with Gasteiger partial charge in [0.1, 0.15) is 0 Å². The minimum Gasteiger partial charge on any atom is -0.317 e. The summed E-state index contributed by atoms with van der Waals surface area (Å²) in [7, 11) is -3.34. The Morgan fingerprint density at radius 1 is 1.20 bits per heavy atom. The van der Waals surface area contributed by atoms with Crippen molar-refractivity contribution in [3.63, 3.8) is 0 Å². The molecule has 5 nitrogen and oxygen atoms in total. The van der Waals surface area contributed by atoms with E-state index in [4.69, 9.17) is 0 Å². The van der Waals surface area contributed by atoms with Crippen LogP contribution in [-0.4, -0.2) is 32.2 Å². The van der Waals surface area contributed by atoms with Crippen LogP contribution in [0, 0.1) is 0 Å². The van der Waals surface area contributed by atoms with Crippen LogP contribution in [0.3, 0.4) is 0 Å². The van der Waals surface area contributed by atoms with E-state index < -0.39 is 10.0 Å². The van der Waals surface area contributed by atoms with E-state index in [1.165, 1.54) is 0 Å². The van der Waals surface area contributed by atoms with Crippen molar-refractivity contribution in [2.45, 2.75) is 13.3 Å². The van der Waals surface area contributed by atoms with Crippen LogP contribution in [0.1, 0.15) is 13.3 Å². The molecule has 0 atom stereocenters. The number of nitrogens with one attached hydrogen (secondary N) is 2. The highest BCUT2D eigenvalue weighted by Gasteiger charge is 2.12. The van der Waals surface area contributed by atoms with Crippen molar-refractivity contribution in [3.05, 3.63) is 36.5 Å². The second-order valence-electron chi connectivity index (χ2n) is 4.51. The number of benzene rings is 1. The molecule has 0 bridgehead atoms. The largest absolute Gasteiger partial charge is 0.317 e. The van der Waals surface area contributed by atoms with Crippen LogP contribution in [-0.2, 0) is 10.0 Å². The molecule has 0 saturated carbocycles. The number of para-hydroxylation sites is 1. The van der Waals surface area contributed by atoms with Crippen molar-refractivity contribution in [1.29, 1.82) is 0 Å². The first-order valence-corrected chi connectivity index (χ1v) is 8.32. The number of hydrogen-bond donors (Lipinski definition) is 2. The minimum atomic E-state index is -3.34. The second-order valence-corrected chi connectivity index (χ2v) is 6.35. The summed E-state index contributed by atoms with van der Waals surface area (Å²) in [5.74, 6) is 0.100. The fourth-order valence-electron chi connectivity index (χ4n) is 1.97. The van der Waals surface area contributed by atoms with Crippen molar-refractivity contribution in [1.82, 2.24) is 10.3 Å². The minimum absolute atomic E-state index is 0.100. The van der Waals surface area contributed by atoms with Gasteiger partial charge in [0.25, 0.3) is 0 Å². The van der Waals surface area contributed by atoms with Gasteiger partial charge < -0.3 is 5.32 Å². The molecule has 1 aromatic heterocycles. The highest BCUT2D eigenvalue weighted by atomic mass is 32.2. The molecule has 0 unspecified atom stereocenters. The quantitative estimate of drug-likeness (QED) is 0.766. The van der Waals surface area contributed by atoms with Gasteiger partial charge in [0.05, 0.1) is 17.0 Å². The normalized spacial score (nSPS) is 11.7. The van der Waals surface area contributed by atoms with Crippen molar-refractivity contribution in [2.75, 3.05) is 23.6 Å². The van der Waals surface area contributed by atoms with Crippen LogP contribution in [0.5, 0.6) is 0 Å². The Hall–Kier alpha value is -1.66. The van der Waals surface area contributed by atoms with Crippen LogP contribution in [0.25, 0.3) is 10.9 Å². The summed E-state index contributed by atoms with van der Waals surface area (Å²) in [6, 6.07) is 9.20. The molecule has 0 aliphatic carbocycles. The molecule has 108 valence electrons. The van der Waals surface area contributed by atoms with Crippen LogP contribution >= 0.6 is 0 Å². The van der Waals surface area contributed by atoms with Crippen molar-refractivity contribution in [3.8, 4) is 0 Å². The van der Waals surface area contributed by atoms with E-state index in [9.17, 15) is 8.42 Å². The first kappa shape index (κ1) is 14.7. The monoisotopic (exact) mass is 293 g/mol. The predicted molar refractivity (Wildman–Crippen MR) is 82.3 cm³/mol. The molecular weight excluding hydrogens is 274 g/mol. The summed E-state index contributed by atoms with van der Waals surface area (Å²) in [4.78, 5) is 4.24. The molecule has 2 aromatic rings. The average Bonchev–Trinajstić information content (AvgIpc) is 2.44. The number of pyridine rings is 1. The summed E-state index contributed by atoms with van der Waals surface area (Å²) in [5.41, 5.74) is 1.21. The Labute approximate surface area is 119 Å².